The molecule has 1 aliphatic rings. The second-order valence-electron chi connectivity index (χ2n) is 6.73. The molecule has 0 saturated carbocycles. The van der Waals surface area contributed by atoms with Gasteiger partial charge in [0.1, 0.15) is 0 Å². The first-order chi connectivity index (χ1) is 13.5. The molecule has 1 N–H and O–H groups in total. The van der Waals surface area contributed by atoms with E-state index in [1.165, 1.54) is 0 Å². The lowest BCUT2D eigenvalue weighted by Gasteiger charge is -2.16. The SMILES string of the molecule is CCOC(=O)C1=CC=C(n2cc(C)c3cc(C(=O)NCCOC)ccc32)CC1. The second-order valence-corrected chi connectivity index (χ2v) is 6.73. The van der Waals surface area contributed by atoms with Crippen LogP contribution in [-0.4, -0.2) is 43.3 Å². The number of rotatable bonds is 7. The Balaban J connectivity index is 1.86. The molecular weight excluding hydrogens is 356 g/mol. The normalized spacial score (nSPS) is 13.8. The van der Waals surface area contributed by atoms with Crippen LogP contribution in [-0.2, 0) is 14.3 Å². The third kappa shape index (κ3) is 4.17. The van der Waals surface area contributed by atoms with Gasteiger partial charge in [0.25, 0.3) is 5.91 Å². The molecule has 0 saturated heterocycles. The van der Waals surface area contributed by atoms with Crippen LogP contribution in [0.25, 0.3) is 16.6 Å². The number of aryl methyl sites for hydroxylation is 1. The lowest BCUT2D eigenvalue weighted by molar-refractivity contribution is -0.138. The van der Waals surface area contributed by atoms with E-state index in [0.29, 0.717) is 37.3 Å². The number of hydrogen-bond acceptors (Lipinski definition) is 4. The van der Waals surface area contributed by atoms with Gasteiger partial charge in [-0.05, 0) is 56.5 Å². The molecular formula is C22H26N2O4. The number of esters is 1. The largest absolute Gasteiger partial charge is 0.463 e. The quantitative estimate of drug-likeness (QED) is 0.588. The van der Waals surface area contributed by atoms with Crippen molar-refractivity contribution >= 4 is 28.5 Å². The van der Waals surface area contributed by atoms with Crippen molar-refractivity contribution in [1.29, 1.82) is 0 Å². The van der Waals surface area contributed by atoms with E-state index in [1.807, 2.05) is 44.2 Å². The summed E-state index contributed by atoms with van der Waals surface area (Å²) in [5.74, 6) is -0.347. The average molecular weight is 382 g/mol. The first kappa shape index (κ1) is 19.9. The molecule has 3 rings (SSSR count). The number of allylic oxidation sites excluding steroid dienone is 3. The predicted molar refractivity (Wildman–Crippen MR) is 109 cm³/mol. The van der Waals surface area contributed by atoms with Gasteiger partial charge in [0, 0.05) is 42.1 Å². The molecule has 2 aromatic rings. The Hall–Kier alpha value is -2.86. The molecule has 0 radical (unpaired) electrons. The van der Waals surface area contributed by atoms with E-state index in [-0.39, 0.29) is 11.9 Å². The highest BCUT2D eigenvalue weighted by Crippen LogP contribution is 2.30. The van der Waals surface area contributed by atoms with Crippen molar-refractivity contribution in [2.45, 2.75) is 26.7 Å². The van der Waals surface area contributed by atoms with Crippen LogP contribution in [0.3, 0.4) is 0 Å². The van der Waals surface area contributed by atoms with Crippen LogP contribution in [0.2, 0.25) is 0 Å². The van der Waals surface area contributed by atoms with Gasteiger partial charge in [-0.2, -0.15) is 0 Å². The van der Waals surface area contributed by atoms with Crippen molar-refractivity contribution in [3.63, 3.8) is 0 Å². The molecule has 1 amide bonds. The fraction of sp³-hybridized carbons (Fsp3) is 0.364. The van der Waals surface area contributed by atoms with Crippen LogP contribution in [0.5, 0.6) is 0 Å². The summed E-state index contributed by atoms with van der Waals surface area (Å²) >= 11 is 0. The molecule has 6 nitrogen and oxygen atoms in total. The summed E-state index contributed by atoms with van der Waals surface area (Å²) in [7, 11) is 1.61. The fourth-order valence-electron chi connectivity index (χ4n) is 3.36. The summed E-state index contributed by atoms with van der Waals surface area (Å²) in [6, 6.07) is 5.73. The van der Waals surface area contributed by atoms with E-state index in [0.717, 1.165) is 28.6 Å². The third-order valence-corrected chi connectivity index (χ3v) is 4.83. The van der Waals surface area contributed by atoms with Crippen molar-refractivity contribution in [2.75, 3.05) is 26.9 Å². The van der Waals surface area contributed by atoms with Crippen LogP contribution in [0, 0.1) is 6.92 Å². The summed E-state index contributed by atoms with van der Waals surface area (Å²) in [5, 5.41) is 3.89. The smallest absolute Gasteiger partial charge is 0.333 e. The Labute approximate surface area is 164 Å². The minimum Gasteiger partial charge on any atom is -0.463 e. The van der Waals surface area contributed by atoms with Crippen LogP contribution >= 0.6 is 0 Å². The summed E-state index contributed by atoms with van der Waals surface area (Å²) in [6.45, 7) is 5.20. The summed E-state index contributed by atoms with van der Waals surface area (Å²) in [6.07, 6.45) is 7.30. The Bertz CT molecular complexity index is 953. The highest BCUT2D eigenvalue weighted by atomic mass is 16.5. The summed E-state index contributed by atoms with van der Waals surface area (Å²) < 4.78 is 12.2. The van der Waals surface area contributed by atoms with Gasteiger partial charge in [0.15, 0.2) is 0 Å². The molecule has 1 aromatic carbocycles. The van der Waals surface area contributed by atoms with Crippen molar-refractivity contribution in [3.8, 4) is 0 Å². The van der Waals surface area contributed by atoms with E-state index in [9.17, 15) is 9.59 Å². The maximum atomic E-state index is 12.3. The minimum absolute atomic E-state index is 0.106. The predicted octanol–water partition coefficient (Wildman–Crippen LogP) is 3.45. The number of methoxy groups -OCH3 is 1. The van der Waals surface area contributed by atoms with Crippen LogP contribution < -0.4 is 5.32 Å². The molecule has 6 heteroatoms. The number of benzene rings is 1. The third-order valence-electron chi connectivity index (χ3n) is 4.83. The van der Waals surface area contributed by atoms with E-state index < -0.39 is 0 Å². The number of nitrogens with zero attached hydrogens (tertiary/aromatic N) is 1. The first-order valence-electron chi connectivity index (χ1n) is 9.51. The molecule has 28 heavy (non-hydrogen) atoms. The molecule has 0 spiro atoms. The number of hydrogen-bond donors (Lipinski definition) is 1. The number of amides is 1. The lowest BCUT2D eigenvalue weighted by Crippen LogP contribution is -2.26. The maximum absolute atomic E-state index is 12.3. The van der Waals surface area contributed by atoms with E-state index in [4.69, 9.17) is 9.47 Å². The first-order valence-corrected chi connectivity index (χ1v) is 9.51. The van der Waals surface area contributed by atoms with Crippen molar-refractivity contribution < 1.29 is 19.1 Å². The van der Waals surface area contributed by atoms with Crippen LogP contribution in [0.15, 0.2) is 42.1 Å². The molecule has 0 atom stereocenters. The number of fused-ring (bicyclic) bond motifs is 1. The second kappa shape index (κ2) is 8.89. The highest BCUT2D eigenvalue weighted by Gasteiger charge is 2.17. The molecule has 1 aliphatic carbocycles. The van der Waals surface area contributed by atoms with Gasteiger partial charge in [0.05, 0.1) is 18.7 Å². The minimum atomic E-state index is -0.240. The number of nitrogens with one attached hydrogen (secondary N) is 1. The van der Waals surface area contributed by atoms with Crippen LogP contribution in [0.4, 0.5) is 0 Å². The zero-order valence-electron chi connectivity index (χ0n) is 16.6. The molecule has 148 valence electrons. The Morgan fingerprint density at radius 2 is 2.04 bits per heavy atom. The standard InChI is InChI=1S/C22H26N2O4/c1-4-28-22(26)16-5-8-18(9-6-16)24-14-15(2)19-13-17(7-10-20(19)24)21(25)23-11-12-27-3/h5,7-8,10,13-14H,4,6,9,11-12H2,1-3H3,(H,23,25). The van der Waals surface area contributed by atoms with Crippen LogP contribution in [0.1, 0.15) is 35.7 Å². The zero-order valence-corrected chi connectivity index (χ0v) is 16.6. The van der Waals surface area contributed by atoms with Gasteiger partial charge in [-0.1, -0.05) is 6.08 Å². The zero-order chi connectivity index (χ0) is 20.1. The Kier molecular flexibility index (Phi) is 6.31. The van der Waals surface area contributed by atoms with Gasteiger partial charge >= 0.3 is 5.97 Å². The van der Waals surface area contributed by atoms with Gasteiger partial charge in [-0.3, -0.25) is 4.79 Å². The van der Waals surface area contributed by atoms with Gasteiger partial charge < -0.3 is 19.4 Å². The number of carbonyl (C=O) groups is 2. The molecule has 0 fully saturated rings. The number of aromatic nitrogens is 1. The highest BCUT2D eigenvalue weighted by molar-refractivity contribution is 5.99. The Morgan fingerprint density at radius 1 is 1.21 bits per heavy atom. The maximum Gasteiger partial charge on any atom is 0.333 e. The fourth-order valence-corrected chi connectivity index (χ4v) is 3.36. The molecule has 0 bridgehead atoms. The van der Waals surface area contributed by atoms with Crippen molar-refractivity contribution in [1.82, 2.24) is 9.88 Å². The molecule has 1 heterocycles. The summed E-state index contributed by atoms with van der Waals surface area (Å²) in [4.78, 5) is 24.2. The Morgan fingerprint density at radius 3 is 2.71 bits per heavy atom. The topological polar surface area (TPSA) is 69.6 Å². The summed E-state index contributed by atoms with van der Waals surface area (Å²) in [5.41, 5.74) is 4.59. The molecule has 1 aromatic heterocycles. The van der Waals surface area contributed by atoms with Gasteiger partial charge in [-0.15, -0.1) is 0 Å². The van der Waals surface area contributed by atoms with Crippen molar-refractivity contribution in [2.24, 2.45) is 0 Å². The van der Waals surface area contributed by atoms with Crippen molar-refractivity contribution in [3.05, 3.63) is 53.2 Å². The van der Waals surface area contributed by atoms with E-state index >= 15 is 0 Å². The molecule has 0 unspecified atom stereocenters. The van der Waals surface area contributed by atoms with E-state index in [2.05, 4.69) is 16.1 Å². The number of carbonyl (C=O) groups excluding carboxylic acids is 2. The van der Waals surface area contributed by atoms with Gasteiger partial charge in [0.2, 0.25) is 0 Å². The van der Waals surface area contributed by atoms with Gasteiger partial charge in [-0.25, -0.2) is 4.79 Å². The average Bonchev–Trinajstić information content (AvgIpc) is 3.04. The number of ether oxygens (including phenoxy) is 2. The lowest BCUT2D eigenvalue weighted by atomic mass is 10.0. The monoisotopic (exact) mass is 382 g/mol. The molecule has 0 aliphatic heterocycles. The van der Waals surface area contributed by atoms with E-state index in [1.54, 1.807) is 7.11 Å².